The molecule has 3 rings (SSSR count). The molecule has 1 saturated heterocycles. The third-order valence-electron chi connectivity index (χ3n) is 4.84. The van der Waals surface area contributed by atoms with E-state index in [0.717, 1.165) is 54.6 Å². The fourth-order valence-electron chi connectivity index (χ4n) is 3.23. The Morgan fingerprint density at radius 1 is 1.00 bits per heavy atom. The second-order valence-electron chi connectivity index (χ2n) is 6.86. The molecule has 0 N–H and O–H groups in total. The summed E-state index contributed by atoms with van der Waals surface area (Å²) in [7, 11) is 0. The van der Waals surface area contributed by atoms with Gasteiger partial charge >= 0.3 is 0 Å². The second-order valence-corrected chi connectivity index (χ2v) is 7.67. The van der Waals surface area contributed by atoms with E-state index in [-0.39, 0.29) is 5.91 Å². The Bertz CT molecular complexity index is 777. The number of hydrogen-bond acceptors (Lipinski definition) is 3. The van der Waals surface area contributed by atoms with Crippen LogP contribution in [0.1, 0.15) is 21.5 Å². The molecule has 0 radical (unpaired) electrons. The Labute approximate surface area is 170 Å². The van der Waals surface area contributed by atoms with Gasteiger partial charge in [0, 0.05) is 48.3 Å². The van der Waals surface area contributed by atoms with Crippen molar-refractivity contribution < 1.29 is 9.53 Å². The molecular weight excluding hydrogens is 383 g/mol. The van der Waals surface area contributed by atoms with Gasteiger partial charge in [-0.3, -0.25) is 9.69 Å². The number of benzene rings is 2. The van der Waals surface area contributed by atoms with Crippen molar-refractivity contribution in [2.24, 2.45) is 0 Å². The molecule has 0 unspecified atom stereocenters. The third-order valence-corrected chi connectivity index (χ3v) is 5.69. The lowest BCUT2D eigenvalue weighted by atomic mass is 10.1. The molecule has 6 heteroatoms. The molecule has 4 nitrogen and oxygen atoms in total. The summed E-state index contributed by atoms with van der Waals surface area (Å²) in [5, 5.41) is 1.44. The number of carbonyl (C=O) groups is 1. The van der Waals surface area contributed by atoms with Gasteiger partial charge < -0.3 is 9.64 Å². The molecule has 0 atom stereocenters. The lowest BCUT2D eigenvalue weighted by molar-refractivity contribution is 0.0620. The number of nitrogens with zero attached hydrogens (tertiary/aromatic N) is 2. The predicted octanol–water partition coefficient (Wildman–Crippen LogP) is 4.45. The monoisotopic (exact) mass is 406 g/mol. The van der Waals surface area contributed by atoms with E-state index in [9.17, 15) is 4.79 Å². The van der Waals surface area contributed by atoms with Gasteiger partial charge in [0.05, 0.1) is 0 Å². The molecule has 1 fully saturated rings. The number of piperazine rings is 1. The van der Waals surface area contributed by atoms with Gasteiger partial charge in [0.25, 0.3) is 5.91 Å². The predicted molar refractivity (Wildman–Crippen MR) is 110 cm³/mol. The first-order valence-electron chi connectivity index (χ1n) is 9.11. The summed E-state index contributed by atoms with van der Waals surface area (Å²) in [4.78, 5) is 16.8. The summed E-state index contributed by atoms with van der Waals surface area (Å²) in [5.41, 5.74) is 2.74. The largest absolute Gasteiger partial charge is 0.492 e. The highest BCUT2D eigenvalue weighted by Gasteiger charge is 2.22. The number of rotatable bonds is 5. The van der Waals surface area contributed by atoms with Gasteiger partial charge in [0.15, 0.2) is 0 Å². The molecule has 144 valence electrons. The molecule has 1 amide bonds. The second kappa shape index (κ2) is 8.96. The minimum Gasteiger partial charge on any atom is -0.492 e. The van der Waals surface area contributed by atoms with Crippen molar-refractivity contribution in [3.8, 4) is 5.75 Å². The van der Waals surface area contributed by atoms with Gasteiger partial charge in [-0.1, -0.05) is 23.2 Å². The number of hydrogen-bond donors (Lipinski definition) is 0. The van der Waals surface area contributed by atoms with E-state index in [1.807, 2.05) is 30.9 Å². The Balaban J connectivity index is 1.44. The van der Waals surface area contributed by atoms with Gasteiger partial charge in [0.1, 0.15) is 12.4 Å². The van der Waals surface area contributed by atoms with Gasteiger partial charge in [-0.2, -0.15) is 0 Å². The Kier molecular flexibility index (Phi) is 6.64. The molecular formula is C21H24Cl2N2O2. The maximum absolute atomic E-state index is 12.5. The van der Waals surface area contributed by atoms with Gasteiger partial charge in [-0.25, -0.2) is 0 Å². The number of ether oxygens (including phenoxy) is 1. The fraction of sp³-hybridized carbons (Fsp3) is 0.381. The molecule has 2 aromatic rings. The zero-order chi connectivity index (χ0) is 19.4. The first kappa shape index (κ1) is 20.0. The number of halogens is 2. The number of aryl methyl sites for hydroxylation is 2. The molecule has 0 spiro atoms. The van der Waals surface area contributed by atoms with Gasteiger partial charge in [0.2, 0.25) is 0 Å². The summed E-state index contributed by atoms with van der Waals surface area (Å²) >= 11 is 12.1. The molecule has 1 heterocycles. The zero-order valence-corrected chi connectivity index (χ0v) is 17.2. The van der Waals surface area contributed by atoms with Crippen LogP contribution in [0.2, 0.25) is 10.0 Å². The average Bonchev–Trinajstić information content (AvgIpc) is 2.66. The van der Waals surface area contributed by atoms with Crippen LogP contribution in [0.25, 0.3) is 0 Å². The van der Waals surface area contributed by atoms with Crippen LogP contribution in [0.3, 0.4) is 0 Å². The summed E-state index contributed by atoms with van der Waals surface area (Å²) < 4.78 is 5.89. The molecule has 0 aliphatic carbocycles. The van der Waals surface area contributed by atoms with E-state index in [4.69, 9.17) is 27.9 Å². The molecule has 27 heavy (non-hydrogen) atoms. The van der Waals surface area contributed by atoms with Crippen molar-refractivity contribution >= 4 is 29.1 Å². The smallest absolute Gasteiger partial charge is 0.253 e. The van der Waals surface area contributed by atoms with Crippen molar-refractivity contribution in [2.75, 3.05) is 39.3 Å². The van der Waals surface area contributed by atoms with Gasteiger partial charge in [-0.15, -0.1) is 0 Å². The lowest BCUT2D eigenvalue weighted by Gasteiger charge is -2.34. The zero-order valence-electron chi connectivity index (χ0n) is 15.7. The van der Waals surface area contributed by atoms with Crippen LogP contribution in [-0.2, 0) is 0 Å². The lowest BCUT2D eigenvalue weighted by Crippen LogP contribution is -2.49. The average molecular weight is 407 g/mol. The highest BCUT2D eigenvalue weighted by atomic mass is 35.5. The molecule has 0 bridgehead atoms. The maximum atomic E-state index is 12.5. The van der Waals surface area contributed by atoms with Crippen LogP contribution < -0.4 is 4.74 Å². The Hall–Kier alpha value is -1.75. The highest BCUT2D eigenvalue weighted by molar-refractivity contribution is 6.32. The van der Waals surface area contributed by atoms with Crippen LogP contribution in [-0.4, -0.2) is 55.0 Å². The first-order valence-corrected chi connectivity index (χ1v) is 9.86. The minimum atomic E-state index is 0.0645. The molecule has 0 saturated carbocycles. The maximum Gasteiger partial charge on any atom is 0.253 e. The SMILES string of the molecule is Cc1cc(OCCN2CCN(C(=O)c3ccc(Cl)cc3)CC2)cc(C)c1Cl. The highest BCUT2D eigenvalue weighted by Crippen LogP contribution is 2.25. The van der Waals surface area contributed by atoms with E-state index in [0.29, 0.717) is 17.2 Å². The Morgan fingerprint density at radius 2 is 1.59 bits per heavy atom. The van der Waals surface area contributed by atoms with Crippen molar-refractivity contribution in [3.63, 3.8) is 0 Å². The molecule has 1 aliphatic rings. The summed E-state index contributed by atoms with van der Waals surface area (Å²) in [6.45, 7) is 8.57. The quantitative estimate of drug-likeness (QED) is 0.735. The summed E-state index contributed by atoms with van der Waals surface area (Å²) in [6.07, 6.45) is 0. The normalized spacial score (nSPS) is 15.0. The van der Waals surface area contributed by atoms with Crippen LogP contribution in [0.5, 0.6) is 5.75 Å². The number of amides is 1. The van der Waals surface area contributed by atoms with Gasteiger partial charge in [-0.05, 0) is 61.4 Å². The van der Waals surface area contributed by atoms with Crippen LogP contribution in [0.4, 0.5) is 0 Å². The first-order chi connectivity index (χ1) is 12.9. The van der Waals surface area contributed by atoms with E-state index in [1.165, 1.54) is 0 Å². The van der Waals surface area contributed by atoms with E-state index < -0.39 is 0 Å². The van der Waals surface area contributed by atoms with Crippen molar-refractivity contribution in [3.05, 3.63) is 63.1 Å². The topological polar surface area (TPSA) is 32.8 Å². The molecule has 1 aliphatic heterocycles. The van der Waals surface area contributed by atoms with Crippen LogP contribution >= 0.6 is 23.2 Å². The van der Waals surface area contributed by atoms with Crippen molar-refractivity contribution in [1.82, 2.24) is 9.80 Å². The summed E-state index contributed by atoms with van der Waals surface area (Å²) in [6, 6.07) is 11.0. The van der Waals surface area contributed by atoms with Crippen LogP contribution in [0.15, 0.2) is 36.4 Å². The third kappa shape index (κ3) is 5.16. The minimum absolute atomic E-state index is 0.0645. The van der Waals surface area contributed by atoms with Crippen LogP contribution in [0, 0.1) is 13.8 Å². The van der Waals surface area contributed by atoms with E-state index in [1.54, 1.807) is 24.3 Å². The van der Waals surface area contributed by atoms with E-state index >= 15 is 0 Å². The molecule has 2 aromatic carbocycles. The molecule has 0 aromatic heterocycles. The summed E-state index contributed by atoms with van der Waals surface area (Å²) in [5.74, 6) is 0.917. The number of carbonyl (C=O) groups excluding carboxylic acids is 1. The van der Waals surface area contributed by atoms with Crippen molar-refractivity contribution in [2.45, 2.75) is 13.8 Å². The van der Waals surface area contributed by atoms with Crippen molar-refractivity contribution in [1.29, 1.82) is 0 Å². The standard InChI is InChI=1S/C21H24Cl2N2O2/c1-15-13-19(14-16(2)20(15)23)27-12-11-24-7-9-25(10-8-24)21(26)17-3-5-18(22)6-4-17/h3-6,13-14H,7-12H2,1-2H3. The van der Waals surface area contributed by atoms with E-state index in [2.05, 4.69) is 4.90 Å². The fourth-order valence-corrected chi connectivity index (χ4v) is 3.47. The Morgan fingerprint density at radius 3 is 2.19 bits per heavy atom.